The summed E-state index contributed by atoms with van der Waals surface area (Å²) in [5.41, 5.74) is 5.65. The van der Waals surface area contributed by atoms with E-state index in [1.807, 2.05) is 10.9 Å². The van der Waals surface area contributed by atoms with Crippen LogP contribution in [0.3, 0.4) is 0 Å². The van der Waals surface area contributed by atoms with Gasteiger partial charge in [-0.25, -0.2) is 4.98 Å². The van der Waals surface area contributed by atoms with Gasteiger partial charge in [0.2, 0.25) is 0 Å². The average molecular weight is 331 g/mol. The molecule has 0 radical (unpaired) electrons. The smallest absolute Gasteiger partial charge is 0.162 e. The molecule has 23 heavy (non-hydrogen) atoms. The van der Waals surface area contributed by atoms with Crippen molar-refractivity contribution in [3.8, 4) is 11.5 Å². The van der Waals surface area contributed by atoms with Crippen LogP contribution >= 0.6 is 11.3 Å². The first-order valence-electron chi connectivity index (χ1n) is 8.30. The molecule has 0 saturated carbocycles. The SMILES string of the molecule is COc1cc2c(cc1OCc1cscn1)CCC(C)C2C(C)C. The van der Waals surface area contributed by atoms with Gasteiger partial charge in [-0.2, -0.15) is 0 Å². The van der Waals surface area contributed by atoms with Gasteiger partial charge < -0.3 is 9.47 Å². The molecule has 3 rings (SSSR count). The summed E-state index contributed by atoms with van der Waals surface area (Å²) in [5, 5.41) is 2.02. The molecule has 0 fully saturated rings. The van der Waals surface area contributed by atoms with Gasteiger partial charge in [0, 0.05) is 5.38 Å². The normalized spacial score (nSPS) is 20.4. The first kappa shape index (κ1) is 16.3. The van der Waals surface area contributed by atoms with Gasteiger partial charge in [0.05, 0.1) is 18.3 Å². The summed E-state index contributed by atoms with van der Waals surface area (Å²) in [7, 11) is 1.72. The molecule has 0 aliphatic heterocycles. The molecular weight excluding hydrogens is 306 g/mol. The maximum absolute atomic E-state index is 5.98. The maximum Gasteiger partial charge on any atom is 0.162 e. The lowest BCUT2D eigenvalue weighted by molar-refractivity contribution is 0.277. The van der Waals surface area contributed by atoms with E-state index >= 15 is 0 Å². The van der Waals surface area contributed by atoms with Gasteiger partial charge in [0.25, 0.3) is 0 Å². The van der Waals surface area contributed by atoms with E-state index in [4.69, 9.17) is 9.47 Å². The second kappa shape index (κ2) is 6.91. The second-order valence-electron chi connectivity index (χ2n) is 6.76. The molecule has 0 spiro atoms. The van der Waals surface area contributed by atoms with Crippen LogP contribution in [0.5, 0.6) is 11.5 Å². The van der Waals surface area contributed by atoms with Gasteiger partial charge in [-0.05, 0) is 53.9 Å². The number of aryl methyl sites for hydroxylation is 1. The van der Waals surface area contributed by atoms with Crippen LogP contribution in [-0.4, -0.2) is 12.1 Å². The zero-order valence-electron chi connectivity index (χ0n) is 14.3. The average Bonchev–Trinajstić information content (AvgIpc) is 3.05. The van der Waals surface area contributed by atoms with E-state index in [0.29, 0.717) is 24.4 Å². The number of ether oxygens (including phenoxy) is 2. The van der Waals surface area contributed by atoms with E-state index < -0.39 is 0 Å². The van der Waals surface area contributed by atoms with Gasteiger partial charge in [-0.1, -0.05) is 20.8 Å². The summed E-state index contributed by atoms with van der Waals surface area (Å²) in [6.07, 6.45) is 2.37. The first-order valence-corrected chi connectivity index (χ1v) is 9.25. The number of rotatable bonds is 5. The number of aromatic nitrogens is 1. The second-order valence-corrected chi connectivity index (χ2v) is 7.47. The summed E-state index contributed by atoms with van der Waals surface area (Å²) in [5.74, 6) is 3.61. The summed E-state index contributed by atoms with van der Waals surface area (Å²) < 4.78 is 11.6. The highest BCUT2D eigenvalue weighted by atomic mass is 32.1. The number of nitrogens with zero attached hydrogens (tertiary/aromatic N) is 1. The molecule has 0 amide bonds. The topological polar surface area (TPSA) is 31.4 Å². The number of methoxy groups -OCH3 is 1. The van der Waals surface area contributed by atoms with Crippen LogP contribution in [0.2, 0.25) is 0 Å². The summed E-state index contributed by atoms with van der Waals surface area (Å²) in [6.45, 7) is 7.49. The molecule has 1 heterocycles. The lowest BCUT2D eigenvalue weighted by atomic mass is 9.71. The fourth-order valence-corrected chi connectivity index (χ4v) is 4.31. The largest absolute Gasteiger partial charge is 0.493 e. The van der Waals surface area contributed by atoms with Gasteiger partial charge >= 0.3 is 0 Å². The van der Waals surface area contributed by atoms with E-state index in [0.717, 1.165) is 23.6 Å². The Labute approximate surface area is 142 Å². The minimum Gasteiger partial charge on any atom is -0.493 e. The lowest BCUT2D eigenvalue weighted by Gasteiger charge is -2.35. The Balaban J connectivity index is 1.90. The fraction of sp³-hybridized carbons (Fsp3) is 0.526. The Bertz CT molecular complexity index is 652. The third-order valence-electron chi connectivity index (χ3n) is 4.84. The number of thiazole rings is 1. The third-order valence-corrected chi connectivity index (χ3v) is 5.48. The summed E-state index contributed by atoms with van der Waals surface area (Å²) in [6, 6.07) is 4.38. The van der Waals surface area contributed by atoms with E-state index in [2.05, 4.69) is 37.9 Å². The summed E-state index contributed by atoms with van der Waals surface area (Å²) >= 11 is 1.59. The number of hydrogen-bond donors (Lipinski definition) is 0. The zero-order valence-corrected chi connectivity index (χ0v) is 15.2. The van der Waals surface area contributed by atoms with Crippen LogP contribution in [0, 0.1) is 11.8 Å². The predicted molar refractivity (Wildman–Crippen MR) is 94.5 cm³/mol. The van der Waals surface area contributed by atoms with Crippen molar-refractivity contribution >= 4 is 11.3 Å². The number of fused-ring (bicyclic) bond motifs is 1. The predicted octanol–water partition coefficient (Wildman–Crippen LogP) is 5.05. The fourth-order valence-electron chi connectivity index (χ4n) is 3.76. The molecule has 3 nitrogen and oxygen atoms in total. The van der Waals surface area contributed by atoms with Crippen molar-refractivity contribution in [1.29, 1.82) is 0 Å². The van der Waals surface area contributed by atoms with Crippen molar-refractivity contribution in [2.45, 2.75) is 46.1 Å². The van der Waals surface area contributed by atoms with Gasteiger partial charge in [0.1, 0.15) is 6.61 Å². The molecule has 2 unspecified atom stereocenters. The zero-order chi connectivity index (χ0) is 16.4. The Morgan fingerprint density at radius 3 is 2.78 bits per heavy atom. The van der Waals surface area contributed by atoms with Crippen LogP contribution in [0.25, 0.3) is 0 Å². The molecule has 2 aromatic rings. The molecular formula is C19H25NO2S. The van der Waals surface area contributed by atoms with Gasteiger partial charge in [-0.15, -0.1) is 11.3 Å². The highest BCUT2D eigenvalue weighted by Gasteiger charge is 2.30. The monoisotopic (exact) mass is 331 g/mol. The van der Waals surface area contributed by atoms with Crippen molar-refractivity contribution in [2.24, 2.45) is 11.8 Å². The molecule has 2 atom stereocenters. The molecule has 0 N–H and O–H groups in total. The van der Waals surface area contributed by atoms with Gasteiger partial charge in [-0.3, -0.25) is 0 Å². The molecule has 0 bridgehead atoms. The van der Waals surface area contributed by atoms with Crippen molar-refractivity contribution < 1.29 is 9.47 Å². The van der Waals surface area contributed by atoms with Crippen LogP contribution in [0.15, 0.2) is 23.0 Å². The van der Waals surface area contributed by atoms with E-state index in [1.54, 1.807) is 18.4 Å². The molecule has 1 aromatic heterocycles. The Morgan fingerprint density at radius 1 is 1.30 bits per heavy atom. The minimum absolute atomic E-state index is 0.489. The standard InChI is InChI=1S/C19H25NO2S/c1-12(2)19-13(3)5-6-14-7-18(17(21-4)8-16(14)19)22-9-15-10-23-11-20-15/h7-8,10-13,19H,5-6,9H2,1-4H3. The molecule has 4 heteroatoms. The van der Waals surface area contributed by atoms with E-state index in [9.17, 15) is 0 Å². The minimum atomic E-state index is 0.489. The highest BCUT2D eigenvalue weighted by Crippen LogP contribution is 2.44. The van der Waals surface area contributed by atoms with Crippen LogP contribution in [0.4, 0.5) is 0 Å². The first-order chi connectivity index (χ1) is 11.1. The van der Waals surface area contributed by atoms with E-state index in [1.165, 1.54) is 17.5 Å². The van der Waals surface area contributed by atoms with Crippen molar-refractivity contribution in [2.75, 3.05) is 7.11 Å². The number of hydrogen-bond acceptors (Lipinski definition) is 4. The van der Waals surface area contributed by atoms with Crippen LogP contribution in [-0.2, 0) is 13.0 Å². The van der Waals surface area contributed by atoms with Crippen LogP contribution in [0.1, 0.15) is 49.9 Å². The Kier molecular flexibility index (Phi) is 4.90. The summed E-state index contributed by atoms with van der Waals surface area (Å²) in [4.78, 5) is 4.27. The highest BCUT2D eigenvalue weighted by molar-refractivity contribution is 7.07. The van der Waals surface area contributed by atoms with E-state index in [-0.39, 0.29) is 0 Å². The van der Waals surface area contributed by atoms with Crippen LogP contribution < -0.4 is 9.47 Å². The Hall–Kier alpha value is -1.55. The van der Waals surface area contributed by atoms with Gasteiger partial charge in [0.15, 0.2) is 11.5 Å². The quantitative estimate of drug-likeness (QED) is 0.768. The molecule has 1 aliphatic carbocycles. The Morgan fingerprint density at radius 2 is 2.13 bits per heavy atom. The molecule has 1 aliphatic rings. The van der Waals surface area contributed by atoms with Crippen molar-refractivity contribution in [3.05, 3.63) is 39.8 Å². The molecule has 1 aromatic carbocycles. The maximum atomic E-state index is 5.98. The molecule has 0 saturated heterocycles. The van der Waals surface area contributed by atoms with Crippen molar-refractivity contribution in [1.82, 2.24) is 4.98 Å². The van der Waals surface area contributed by atoms with Crippen molar-refractivity contribution in [3.63, 3.8) is 0 Å². The molecule has 124 valence electrons. The lowest BCUT2D eigenvalue weighted by Crippen LogP contribution is -2.23. The third kappa shape index (κ3) is 3.37. The number of benzene rings is 1.